The molecule has 70 valence electrons. The van der Waals surface area contributed by atoms with Crippen molar-refractivity contribution in [2.75, 3.05) is 0 Å². The van der Waals surface area contributed by atoms with Crippen LogP contribution < -0.4 is 5.32 Å². The first-order valence-electron chi connectivity index (χ1n) is 5.12. The summed E-state index contributed by atoms with van der Waals surface area (Å²) in [6.07, 6.45) is 10.5. The molecular weight excluding hydrogens is 170 g/mol. The Morgan fingerprint density at radius 2 is 1.58 bits per heavy atom. The molecule has 1 saturated carbocycles. The number of halogens is 1. The summed E-state index contributed by atoms with van der Waals surface area (Å²) < 4.78 is 0. The lowest BCUT2D eigenvalue weighted by Crippen LogP contribution is -2.49. The summed E-state index contributed by atoms with van der Waals surface area (Å²) in [6.45, 7) is 0. The zero-order valence-corrected chi connectivity index (χ0v) is 8.33. The van der Waals surface area contributed by atoms with Crippen molar-refractivity contribution < 1.29 is 0 Å². The number of piperidine rings is 2. The number of hydrogen-bond donors (Lipinski definition) is 1. The predicted octanol–water partition coefficient (Wildman–Crippen LogP) is 2.49. The third kappa shape index (κ3) is 1.38. The SMILES string of the molecule is C1CC2CC3(CC3)CC(C1)N2.Cl. The number of fused-ring (bicyclic) bond motifs is 2. The van der Waals surface area contributed by atoms with E-state index in [1.165, 1.54) is 32.1 Å². The van der Waals surface area contributed by atoms with E-state index in [-0.39, 0.29) is 12.4 Å². The molecule has 2 heteroatoms. The van der Waals surface area contributed by atoms with Crippen LogP contribution >= 0.6 is 12.4 Å². The lowest BCUT2D eigenvalue weighted by atomic mass is 9.78. The van der Waals surface area contributed by atoms with Crippen molar-refractivity contribution in [2.24, 2.45) is 5.41 Å². The number of nitrogens with one attached hydrogen (secondary N) is 1. The molecule has 0 radical (unpaired) electrons. The van der Waals surface area contributed by atoms with E-state index < -0.39 is 0 Å². The highest BCUT2D eigenvalue weighted by atomic mass is 35.5. The Morgan fingerprint density at radius 3 is 2.08 bits per heavy atom. The molecule has 2 bridgehead atoms. The third-order valence-electron chi connectivity index (χ3n) is 3.89. The first-order chi connectivity index (χ1) is 5.36. The van der Waals surface area contributed by atoms with E-state index in [1.807, 2.05) is 0 Å². The van der Waals surface area contributed by atoms with Crippen molar-refractivity contribution in [3.63, 3.8) is 0 Å². The van der Waals surface area contributed by atoms with Crippen molar-refractivity contribution >= 4 is 12.4 Å². The van der Waals surface area contributed by atoms with Crippen LogP contribution in [0.5, 0.6) is 0 Å². The second-order valence-corrected chi connectivity index (χ2v) is 4.90. The molecule has 0 amide bonds. The van der Waals surface area contributed by atoms with Crippen LogP contribution in [0.2, 0.25) is 0 Å². The lowest BCUT2D eigenvalue weighted by Gasteiger charge is -2.40. The second kappa shape index (κ2) is 2.88. The normalized spacial score (nSPS) is 42.0. The van der Waals surface area contributed by atoms with Gasteiger partial charge in [-0.05, 0) is 43.9 Å². The summed E-state index contributed by atoms with van der Waals surface area (Å²) in [5.41, 5.74) is 0.862. The maximum absolute atomic E-state index is 3.75. The van der Waals surface area contributed by atoms with Gasteiger partial charge in [0.2, 0.25) is 0 Å². The van der Waals surface area contributed by atoms with E-state index in [9.17, 15) is 0 Å². The molecule has 1 spiro atoms. The van der Waals surface area contributed by atoms with Crippen LogP contribution in [-0.4, -0.2) is 12.1 Å². The largest absolute Gasteiger partial charge is 0.311 e. The summed E-state index contributed by atoms with van der Waals surface area (Å²) in [4.78, 5) is 0. The molecule has 3 aliphatic rings. The van der Waals surface area contributed by atoms with Crippen molar-refractivity contribution in [3.8, 4) is 0 Å². The third-order valence-corrected chi connectivity index (χ3v) is 3.89. The fraction of sp³-hybridized carbons (Fsp3) is 1.00. The minimum absolute atomic E-state index is 0. The Morgan fingerprint density at radius 1 is 1.00 bits per heavy atom. The Labute approximate surface area is 80.7 Å². The van der Waals surface area contributed by atoms with E-state index >= 15 is 0 Å². The van der Waals surface area contributed by atoms with Gasteiger partial charge in [-0.3, -0.25) is 0 Å². The molecule has 1 aliphatic carbocycles. The van der Waals surface area contributed by atoms with Gasteiger partial charge in [-0.1, -0.05) is 6.42 Å². The predicted molar refractivity (Wildman–Crippen MR) is 52.7 cm³/mol. The first-order valence-corrected chi connectivity index (χ1v) is 5.12. The Bertz CT molecular complexity index is 163. The van der Waals surface area contributed by atoms with E-state index in [4.69, 9.17) is 0 Å². The van der Waals surface area contributed by atoms with E-state index in [2.05, 4.69) is 5.32 Å². The minimum atomic E-state index is 0. The van der Waals surface area contributed by atoms with Gasteiger partial charge in [-0.25, -0.2) is 0 Å². The molecule has 1 N–H and O–H groups in total. The molecule has 1 nitrogen and oxygen atoms in total. The minimum Gasteiger partial charge on any atom is -0.311 e. The van der Waals surface area contributed by atoms with Crippen LogP contribution in [0.3, 0.4) is 0 Å². The maximum atomic E-state index is 3.75. The highest BCUT2D eigenvalue weighted by Crippen LogP contribution is 2.56. The molecule has 0 aromatic carbocycles. The summed E-state index contributed by atoms with van der Waals surface area (Å²) in [5, 5.41) is 3.75. The van der Waals surface area contributed by atoms with Crippen molar-refractivity contribution in [3.05, 3.63) is 0 Å². The molecular formula is C10H18ClN. The van der Waals surface area contributed by atoms with Crippen molar-refractivity contribution in [2.45, 2.75) is 57.0 Å². The molecule has 0 aromatic rings. The summed E-state index contributed by atoms with van der Waals surface area (Å²) in [5.74, 6) is 0. The van der Waals surface area contributed by atoms with Crippen LogP contribution in [0.15, 0.2) is 0 Å². The molecule has 2 atom stereocenters. The number of hydrogen-bond acceptors (Lipinski definition) is 1. The highest BCUT2D eigenvalue weighted by molar-refractivity contribution is 5.85. The van der Waals surface area contributed by atoms with Gasteiger partial charge < -0.3 is 5.32 Å². The van der Waals surface area contributed by atoms with E-state index in [0.29, 0.717) is 0 Å². The second-order valence-electron chi connectivity index (χ2n) is 4.90. The van der Waals surface area contributed by atoms with Crippen LogP contribution in [0, 0.1) is 5.41 Å². The molecule has 2 unspecified atom stereocenters. The maximum Gasteiger partial charge on any atom is 0.00749 e. The van der Waals surface area contributed by atoms with Gasteiger partial charge in [0.25, 0.3) is 0 Å². The number of rotatable bonds is 0. The average Bonchev–Trinajstić information content (AvgIpc) is 2.68. The molecule has 2 saturated heterocycles. The standard InChI is InChI=1S/C10H17N.ClH/c1-2-8-6-10(4-5-10)7-9(3-1)11-8;/h8-9,11H,1-7H2;1H. The van der Waals surface area contributed by atoms with E-state index in [1.54, 1.807) is 12.8 Å². The van der Waals surface area contributed by atoms with Crippen LogP contribution in [0.4, 0.5) is 0 Å². The van der Waals surface area contributed by atoms with Gasteiger partial charge in [0.1, 0.15) is 0 Å². The molecule has 12 heavy (non-hydrogen) atoms. The highest BCUT2D eigenvalue weighted by Gasteiger charge is 2.49. The fourth-order valence-corrected chi connectivity index (χ4v) is 3.15. The molecule has 3 rings (SSSR count). The van der Waals surface area contributed by atoms with Crippen LogP contribution in [0.1, 0.15) is 44.9 Å². The smallest absolute Gasteiger partial charge is 0.00749 e. The monoisotopic (exact) mass is 187 g/mol. The molecule has 2 aliphatic heterocycles. The lowest BCUT2D eigenvalue weighted by molar-refractivity contribution is 0.172. The quantitative estimate of drug-likeness (QED) is 0.615. The van der Waals surface area contributed by atoms with Crippen LogP contribution in [0.25, 0.3) is 0 Å². The zero-order chi connectivity index (χ0) is 7.31. The molecule has 0 aromatic heterocycles. The molecule has 3 fully saturated rings. The Kier molecular flexibility index (Phi) is 2.12. The van der Waals surface area contributed by atoms with Gasteiger partial charge >= 0.3 is 0 Å². The summed E-state index contributed by atoms with van der Waals surface area (Å²) in [6, 6.07) is 1.81. The van der Waals surface area contributed by atoms with Gasteiger partial charge in [0.15, 0.2) is 0 Å². The average molecular weight is 188 g/mol. The van der Waals surface area contributed by atoms with Crippen LogP contribution in [-0.2, 0) is 0 Å². The van der Waals surface area contributed by atoms with Gasteiger partial charge in [-0.2, -0.15) is 0 Å². The van der Waals surface area contributed by atoms with Gasteiger partial charge in [-0.15, -0.1) is 12.4 Å². The van der Waals surface area contributed by atoms with Gasteiger partial charge in [0.05, 0.1) is 0 Å². The Hall–Kier alpha value is 0.250. The van der Waals surface area contributed by atoms with E-state index in [0.717, 1.165) is 17.5 Å². The fourth-order valence-electron chi connectivity index (χ4n) is 3.15. The topological polar surface area (TPSA) is 12.0 Å². The zero-order valence-electron chi connectivity index (χ0n) is 7.51. The molecule has 2 heterocycles. The van der Waals surface area contributed by atoms with Crippen molar-refractivity contribution in [1.29, 1.82) is 0 Å². The first kappa shape index (κ1) is 8.83. The Balaban J connectivity index is 0.000000563. The van der Waals surface area contributed by atoms with Gasteiger partial charge in [0, 0.05) is 12.1 Å². The summed E-state index contributed by atoms with van der Waals surface area (Å²) >= 11 is 0. The summed E-state index contributed by atoms with van der Waals surface area (Å²) in [7, 11) is 0. The van der Waals surface area contributed by atoms with Crippen molar-refractivity contribution in [1.82, 2.24) is 5.32 Å².